The van der Waals surface area contributed by atoms with Crippen molar-refractivity contribution >= 4 is 0 Å². The van der Waals surface area contributed by atoms with Crippen LogP contribution in [0.4, 0.5) is 0 Å². The number of para-hydroxylation sites is 1. The summed E-state index contributed by atoms with van der Waals surface area (Å²) in [5.74, 6) is 3.79. The quantitative estimate of drug-likeness (QED) is 0.710. The fraction of sp³-hybridized carbons (Fsp3) is 0.727. The van der Waals surface area contributed by atoms with Crippen LogP contribution in [0.25, 0.3) is 0 Å². The van der Waals surface area contributed by atoms with Crippen molar-refractivity contribution in [1.82, 2.24) is 5.32 Å². The predicted octanol–water partition coefficient (Wildman–Crippen LogP) is 3.38. The monoisotopic (exact) mass is 359 g/mol. The van der Waals surface area contributed by atoms with Gasteiger partial charge in [-0.15, -0.1) is 0 Å². The number of aliphatic hydroxyl groups excluding tert-OH is 1. The van der Waals surface area contributed by atoms with Crippen molar-refractivity contribution in [2.45, 2.75) is 51.2 Å². The van der Waals surface area contributed by atoms with E-state index in [2.05, 4.69) is 5.32 Å². The second kappa shape index (κ2) is 7.87. The summed E-state index contributed by atoms with van der Waals surface area (Å²) in [4.78, 5) is 0. The van der Waals surface area contributed by atoms with Gasteiger partial charge in [0.2, 0.25) is 0 Å². The van der Waals surface area contributed by atoms with Crippen LogP contribution in [0.3, 0.4) is 0 Å². The van der Waals surface area contributed by atoms with Crippen molar-refractivity contribution in [1.29, 1.82) is 0 Å². The van der Waals surface area contributed by atoms with Gasteiger partial charge in [-0.1, -0.05) is 18.2 Å². The van der Waals surface area contributed by atoms with Gasteiger partial charge in [-0.3, -0.25) is 0 Å². The number of ether oxygens (including phenoxy) is 2. The van der Waals surface area contributed by atoms with Crippen molar-refractivity contribution in [3.63, 3.8) is 0 Å². The fourth-order valence-electron chi connectivity index (χ4n) is 6.20. The standard InChI is InChI=1S/C22H33NO3/c1-25-21-5-3-2-4-19(21)13-26-14-20(24)12-23-15-22-9-16-6-17(10-22)8-18(7-16)11-22/h2-5,16-18,20,23-24H,6-15H2,1H3/t16?,17?,18?,20-,22?/m0/s1. The Kier molecular flexibility index (Phi) is 5.53. The first-order valence-electron chi connectivity index (χ1n) is 10.2. The van der Waals surface area contributed by atoms with Crippen LogP contribution in [0.1, 0.15) is 44.1 Å². The lowest BCUT2D eigenvalue weighted by Gasteiger charge is -2.57. The second-order valence-corrected chi connectivity index (χ2v) is 9.03. The molecule has 0 unspecified atom stereocenters. The molecule has 0 amide bonds. The van der Waals surface area contributed by atoms with Gasteiger partial charge in [-0.25, -0.2) is 0 Å². The molecule has 0 radical (unpaired) electrons. The van der Waals surface area contributed by atoms with Gasteiger partial charge >= 0.3 is 0 Å². The molecule has 0 heterocycles. The summed E-state index contributed by atoms with van der Waals surface area (Å²) in [6.45, 7) is 2.51. The zero-order valence-corrected chi connectivity index (χ0v) is 16.0. The van der Waals surface area contributed by atoms with Gasteiger partial charge in [0.15, 0.2) is 0 Å². The number of hydrogen-bond donors (Lipinski definition) is 2. The highest BCUT2D eigenvalue weighted by molar-refractivity contribution is 5.32. The number of hydrogen-bond acceptors (Lipinski definition) is 4. The SMILES string of the molecule is COc1ccccc1COC[C@@H](O)CNCC12CC3CC(CC(C3)C1)C2. The zero-order valence-electron chi connectivity index (χ0n) is 16.0. The summed E-state index contributed by atoms with van der Waals surface area (Å²) >= 11 is 0. The van der Waals surface area contributed by atoms with Crippen LogP contribution in [0, 0.1) is 23.2 Å². The molecule has 26 heavy (non-hydrogen) atoms. The molecule has 144 valence electrons. The largest absolute Gasteiger partial charge is 0.496 e. The number of methoxy groups -OCH3 is 1. The van der Waals surface area contributed by atoms with Crippen LogP contribution in [0.15, 0.2) is 24.3 Å². The molecule has 0 aromatic heterocycles. The van der Waals surface area contributed by atoms with E-state index >= 15 is 0 Å². The summed E-state index contributed by atoms with van der Waals surface area (Å²) in [7, 11) is 1.67. The molecule has 4 fully saturated rings. The van der Waals surface area contributed by atoms with Crippen LogP contribution in [-0.4, -0.2) is 38.0 Å². The molecule has 1 atom stereocenters. The third-order valence-corrected chi connectivity index (χ3v) is 6.81. The molecule has 0 saturated heterocycles. The Morgan fingerprint density at radius 1 is 1.12 bits per heavy atom. The van der Waals surface area contributed by atoms with Gasteiger partial charge in [-0.05, 0) is 67.8 Å². The summed E-state index contributed by atoms with van der Waals surface area (Å²) < 4.78 is 11.0. The van der Waals surface area contributed by atoms with Crippen LogP contribution in [-0.2, 0) is 11.3 Å². The Morgan fingerprint density at radius 3 is 2.42 bits per heavy atom. The van der Waals surface area contributed by atoms with Crippen molar-refractivity contribution in [3.8, 4) is 5.75 Å². The van der Waals surface area contributed by atoms with Gasteiger partial charge in [0.25, 0.3) is 0 Å². The number of aliphatic hydroxyl groups is 1. The van der Waals surface area contributed by atoms with E-state index in [4.69, 9.17) is 9.47 Å². The first-order valence-corrected chi connectivity index (χ1v) is 10.2. The minimum Gasteiger partial charge on any atom is -0.496 e. The van der Waals surface area contributed by atoms with Crippen molar-refractivity contribution in [3.05, 3.63) is 29.8 Å². The van der Waals surface area contributed by atoms with E-state index in [0.717, 1.165) is 35.6 Å². The minimum atomic E-state index is -0.460. The lowest BCUT2D eigenvalue weighted by atomic mass is 9.49. The first-order chi connectivity index (χ1) is 12.7. The van der Waals surface area contributed by atoms with Crippen LogP contribution < -0.4 is 10.1 Å². The highest BCUT2D eigenvalue weighted by Gasteiger charge is 2.50. The fourth-order valence-corrected chi connectivity index (χ4v) is 6.20. The van der Waals surface area contributed by atoms with Gasteiger partial charge in [-0.2, -0.15) is 0 Å². The maximum atomic E-state index is 10.2. The average molecular weight is 360 g/mol. The zero-order chi connectivity index (χ0) is 18.0. The van der Waals surface area contributed by atoms with Crippen molar-refractivity contribution < 1.29 is 14.6 Å². The molecule has 4 aliphatic rings. The maximum Gasteiger partial charge on any atom is 0.124 e. The molecule has 4 nitrogen and oxygen atoms in total. The Bertz CT molecular complexity index is 568. The Morgan fingerprint density at radius 2 is 1.77 bits per heavy atom. The van der Waals surface area contributed by atoms with Gasteiger partial charge in [0.05, 0.1) is 26.4 Å². The van der Waals surface area contributed by atoms with Crippen molar-refractivity contribution in [2.75, 3.05) is 26.8 Å². The van der Waals surface area contributed by atoms with Crippen LogP contribution >= 0.6 is 0 Å². The average Bonchev–Trinajstić information content (AvgIpc) is 2.61. The van der Waals surface area contributed by atoms with E-state index in [1.165, 1.54) is 38.5 Å². The third kappa shape index (κ3) is 4.08. The summed E-state index contributed by atoms with van der Waals surface area (Å²) in [6, 6.07) is 7.86. The van der Waals surface area contributed by atoms with Gasteiger partial charge in [0.1, 0.15) is 5.75 Å². The molecular formula is C22H33NO3. The summed E-state index contributed by atoms with van der Waals surface area (Å²) in [5.41, 5.74) is 1.54. The lowest BCUT2D eigenvalue weighted by Crippen LogP contribution is -2.51. The molecule has 2 N–H and O–H groups in total. The van der Waals surface area contributed by atoms with Crippen molar-refractivity contribution in [2.24, 2.45) is 23.2 Å². The normalized spacial score (nSPS) is 33.4. The van der Waals surface area contributed by atoms with Crippen LogP contribution in [0.2, 0.25) is 0 Å². The van der Waals surface area contributed by atoms with Gasteiger partial charge in [0, 0.05) is 18.7 Å². The third-order valence-electron chi connectivity index (χ3n) is 6.81. The second-order valence-electron chi connectivity index (χ2n) is 9.03. The smallest absolute Gasteiger partial charge is 0.124 e. The highest BCUT2D eigenvalue weighted by Crippen LogP contribution is 2.59. The molecular weight excluding hydrogens is 326 g/mol. The van der Waals surface area contributed by atoms with E-state index < -0.39 is 6.10 Å². The number of benzene rings is 1. The first kappa shape index (κ1) is 18.3. The molecule has 4 saturated carbocycles. The van der Waals surface area contributed by atoms with E-state index in [0.29, 0.717) is 25.2 Å². The lowest BCUT2D eigenvalue weighted by molar-refractivity contribution is -0.0532. The van der Waals surface area contributed by atoms with E-state index in [9.17, 15) is 5.11 Å². The Hall–Kier alpha value is -1.10. The minimum absolute atomic E-state index is 0.353. The molecule has 0 aliphatic heterocycles. The molecule has 1 aromatic rings. The topological polar surface area (TPSA) is 50.7 Å². The number of nitrogens with one attached hydrogen (secondary N) is 1. The molecule has 0 spiro atoms. The molecule has 5 rings (SSSR count). The van der Waals surface area contributed by atoms with Crippen LogP contribution in [0.5, 0.6) is 5.75 Å². The molecule has 4 aliphatic carbocycles. The highest BCUT2D eigenvalue weighted by atomic mass is 16.5. The Balaban J connectivity index is 1.17. The molecule has 4 bridgehead atoms. The number of rotatable bonds is 9. The Labute approximate surface area is 157 Å². The maximum absolute atomic E-state index is 10.2. The molecule has 4 heteroatoms. The van der Waals surface area contributed by atoms with Gasteiger partial charge < -0.3 is 19.9 Å². The van der Waals surface area contributed by atoms with E-state index in [-0.39, 0.29) is 0 Å². The molecule has 1 aromatic carbocycles. The van der Waals surface area contributed by atoms with E-state index in [1.54, 1.807) is 7.11 Å². The summed E-state index contributed by atoms with van der Waals surface area (Å²) in [5, 5.41) is 13.8. The predicted molar refractivity (Wildman–Crippen MR) is 102 cm³/mol. The summed E-state index contributed by atoms with van der Waals surface area (Å²) in [6.07, 6.45) is 8.22. The van der Waals surface area contributed by atoms with E-state index in [1.807, 2.05) is 24.3 Å².